The molecule has 0 unspecified atom stereocenters. The zero-order valence-electron chi connectivity index (χ0n) is 18.2. The number of carbonyl (C=O) groups is 2. The monoisotopic (exact) mass is 455 g/mol. The van der Waals surface area contributed by atoms with Gasteiger partial charge in [0, 0.05) is 30.2 Å². The third kappa shape index (κ3) is 8.72. The molecule has 2 aromatic rings. The summed E-state index contributed by atoms with van der Waals surface area (Å²) < 4.78 is 11.0. The van der Waals surface area contributed by atoms with Gasteiger partial charge in [-0.1, -0.05) is 17.7 Å². The molecule has 1 aliphatic rings. The molecule has 0 aliphatic carbocycles. The number of hydrazone groups is 1. The largest absolute Gasteiger partial charge is 0.484 e. The van der Waals surface area contributed by atoms with Gasteiger partial charge in [0.05, 0.1) is 12.3 Å². The topological polar surface area (TPSA) is 89.0 Å². The van der Waals surface area contributed by atoms with Crippen LogP contribution in [0.1, 0.15) is 30.4 Å². The molecule has 1 aliphatic heterocycles. The number of benzene rings is 2. The average Bonchev–Trinajstić information content (AvgIpc) is 3.32. The molecule has 32 heavy (non-hydrogen) atoms. The number of rotatable bonds is 11. The summed E-state index contributed by atoms with van der Waals surface area (Å²) in [5.74, 6) is 0.980. The third-order valence-electron chi connectivity index (χ3n) is 4.82. The number of hydrogen-bond acceptors (Lipinski definition) is 6. The van der Waals surface area contributed by atoms with Crippen LogP contribution in [-0.4, -0.2) is 49.6 Å². The second-order valence-corrected chi connectivity index (χ2v) is 8.67. The van der Waals surface area contributed by atoms with Gasteiger partial charge in [-0.05, 0) is 61.7 Å². The Balaban J connectivity index is 1.30. The van der Waals surface area contributed by atoms with Crippen LogP contribution in [0.15, 0.2) is 58.5 Å². The molecule has 1 heterocycles. The molecule has 1 atom stereocenters. The first-order valence-corrected chi connectivity index (χ1v) is 11.7. The quantitative estimate of drug-likeness (QED) is 0.308. The average molecular weight is 456 g/mol. The van der Waals surface area contributed by atoms with E-state index in [0.717, 1.165) is 29.9 Å². The summed E-state index contributed by atoms with van der Waals surface area (Å²) in [5, 5.41) is 6.81. The SMILES string of the molecule is Cc1ccc(SCCC(=O)N/N=C\c2ccc(OCC(=O)NC[C@@H]3CCCO3)cc2)cc1. The molecular formula is C24H29N3O4S. The van der Waals surface area contributed by atoms with Gasteiger partial charge in [0.2, 0.25) is 5.91 Å². The first-order chi connectivity index (χ1) is 15.6. The Morgan fingerprint density at radius 1 is 1.16 bits per heavy atom. The van der Waals surface area contributed by atoms with E-state index in [4.69, 9.17) is 9.47 Å². The van der Waals surface area contributed by atoms with E-state index in [0.29, 0.717) is 24.5 Å². The molecule has 8 heteroatoms. The summed E-state index contributed by atoms with van der Waals surface area (Å²) in [4.78, 5) is 24.9. The van der Waals surface area contributed by atoms with Gasteiger partial charge in [-0.25, -0.2) is 5.43 Å². The summed E-state index contributed by atoms with van der Waals surface area (Å²) in [6, 6.07) is 15.4. The van der Waals surface area contributed by atoms with E-state index in [1.54, 1.807) is 30.1 Å². The van der Waals surface area contributed by atoms with E-state index < -0.39 is 0 Å². The van der Waals surface area contributed by atoms with Crippen molar-refractivity contribution in [3.63, 3.8) is 0 Å². The van der Waals surface area contributed by atoms with Gasteiger partial charge in [-0.2, -0.15) is 5.10 Å². The third-order valence-corrected chi connectivity index (χ3v) is 5.84. The molecule has 2 N–H and O–H groups in total. The van der Waals surface area contributed by atoms with Crippen molar-refractivity contribution in [1.82, 2.24) is 10.7 Å². The molecule has 1 saturated heterocycles. The first-order valence-electron chi connectivity index (χ1n) is 10.7. The van der Waals surface area contributed by atoms with Crippen molar-refractivity contribution in [2.75, 3.05) is 25.5 Å². The van der Waals surface area contributed by atoms with Crippen LogP contribution in [0.25, 0.3) is 0 Å². The molecule has 2 aromatic carbocycles. The number of carbonyl (C=O) groups excluding carboxylic acids is 2. The summed E-state index contributed by atoms with van der Waals surface area (Å²) in [7, 11) is 0. The number of nitrogens with zero attached hydrogens (tertiary/aromatic N) is 1. The molecule has 170 valence electrons. The summed E-state index contributed by atoms with van der Waals surface area (Å²) in [6.45, 7) is 3.29. The fraction of sp³-hybridized carbons (Fsp3) is 0.375. The van der Waals surface area contributed by atoms with Gasteiger partial charge in [0.25, 0.3) is 5.91 Å². The van der Waals surface area contributed by atoms with Gasteiger partial charge in [0.15, 0.2) is 6.61 Å². The van der Waals surface area contributed by atoms with Gasteiger partial charge in [-0.3, -0.25) is 9.59 Å². The van der Waals surface area contributed by atoms with E-state index in [2.05, 4.69) is 40.1 Å². The molecule has 0 saturated carbocycles. The summed E-state index contributed by atoms with van der Waals surface area (Å²) in [6.07, 6.45) is 4.10. The highest BCUT2D eigenvalue weighted by atomic mass is 32.2. The van der Waals surface area contributed by atoms with Gasteiger partial charge < -0.3 is 14.8 Å². The van der Waals surface area contributed by atoms with Gasteiger partial charge >= 0.3 is 0 Å². The van der Waals surface area contributed by atoms with Crippen LogP contribution in [0.5, 0.6) is 5.75 Å². The van der Waals surface area contributed by atoms with Crippen molar-refractivity contribution in [3.05, 3.63) is 59.7 Å². The van der Waals surface area contributed by atoms with Crippen molar-refractivity contribution in [2.24, 2.45) is 5.10 Å². The Labute approximate surface area is 193 Å². The maximum Gasteiger partial charge on any atom is 0.258 e. The molecule has 2 amide bonds. The molecule has 0 radical (unpaired) electrons. The van der Waals surface area contributed by atoms with Gasteiger partial charge in [-0.15, -0.1) is 11.8 Å². The Kier molecular flexibility index (Phi) is 9.59. The molecule has 0 aromatic heterocycles. The molecule has 0 bridgehead atoms. The Morgan fingerprint density at radius 3 is 2.66 bits per heavy atom. The summed E-state index contributed by atoms with van der Waals surface area (Å²) >= 11 is 1.64. The van der Waals surface area contributed by atoms with Crippen LogP contribution in [-0.2, 0) is 14.3 Å². The lowest BCUT2D eigenvalue weighted by atomic mass is 10.2. The lowest BCUT2D eigenvalue weighted by molar-refractivity contribution is -0.123. The maximum atomic E-state index is 11.9. The first kappa shape index (κ1) is 23.8. The minimum atomic E-state index is -0.172. The van der Waals surface area contributed by atoms with E-state index in [1.807, 2.05) is 19.1 Å². The van der Waals surface area contributed by atoms with Crippen molar-refractivity contribution < 1.29 is 19.1 Å². The number of nitrogens with one attached hydrogen (secondary N) is 2. The van der Waals surface area contributed by atoms with E-state index in [9.17, 15) is 9.59 Å². The molecule has 1 fully saturated rings. The molecule has 0 spiro atoms. The number of thioether (sulfide) groups is 1. The van der Waals surface area contributed by atoms with Crippen LogP contribution in [0.3, 0.4) is 0 Å². The van der Waals surface area contributed by atoms with Crippen LogP contribution in [0, 0.1) is 6.92 Å². The summed E-state index contributed by atoms with van der Waals surface area (Å²) in [5.41, 5.74) is 4.57. The smallest absolute Gasteiger partial charge is 0.258 e. The van der Waals surface area contributed by atoms with Gasteiger partial charge in [0.1, 0.15) is 5.75 Å². The Hall–Kier alpha value is -2.84. The minimum Gasteiger partial charge on any atom is -0.484 e. The number of hydrogen-bond donors (Lipinski definition) is 2. The molecule has 7 nitrogen and oxygen atoms in total. The lowest BCUT2D eigenvalue weighted by Crippen LogP contribution is -2.35. The predicted molar refractivity (Wildman–Crippen MR) is 126 cm³/mol. The van der Waals surface area contributed by atoms with Crippen molar-refractivity contribution in [3.8, 4) is 5.75 Å². The van der Waals surface area contributed by atoms with E-state index in [-0.39, 0.29) is 24.5 Å². The zero-order valence-corrected chi connectivity index (χ0v) is 19.0. The van der Waals surface area contributed by atoms with Crippen molar-refractivity contribution in [2.45, 2.75) is 37.2 Å². The molecule has 3 rings (SSSR count). The van der Waals surface area contributed by atoms with E-state index >= 15 is 0 Å². The standard InChI is InChI=1S/C24H29N3O4S/c1-18-4-10-22(11-5-18)32-14-12-23(28)27-26-15-19-6-8-20(9-7-19)31-17-24(29)25-16-21-3-2-13-30-21/h4-11,15,21H,2-3,12-14,16-17H2,1H3,(H,25,29)(H,27,28)/b26-15-/t21-/m0/s1. The van der Waals surface area contributed by atoms with Crippen LogP contribution in [0.4, 0.5) is 0 Å². The highest BCUT2D eigenvalue weighted by molar-refractivity contribution is 7.99. The molecular weight excluding hydrogens is 426 g/mol. The fourth-order valence-corrected chi connectivity index (χ4v) is 3.87. The second-order valence-electron chi connectivity index (χ2n) is 7.50. The van der Waals surface area contributed by atoms with Crippen molar-refractivity contribution in [1.29, 1.82) is 0 Å². The normalized spacial score (nSPS) is 15.6. The number of amides is 2. The fourth-order valence-electron chi connectivity index (χ4n) is 3.01. The Morgan fingerprint density at radius 2 is 1.94 bits per heavy atom. The van der Waals surface area contributed by atoms with Crippen LogP contribution < -0.4 is 15.5 Å². The number of ether oxygens (including phenoxy) is 2. The zero-order chi connectivity index (χ0) is 22.6. The van der Waals surface area contributed by atoms with E-state index in [1.165, 1.54) is 5.56 Å². The number of aryl methyl sites for hydroxylation is 1. The predicted octanol–water partition coefficient (Wildman–Crippen LogP) is 3.30. The highest BCUT2D eigenvalue weighted by Crippen LogP contribution is 2.19. The lowest BCUT2D eigenvalue weighted by Gasteiger charge is -2.11. The minimum absolute atomic E-state index is 0.0448. The van der Waals surface area contributed by atoms with Crippen LogP contribution in [0.2, 0.25) is 0 Å². The Bertz CT molecular complexity index is 894. The second kappa shape index (κ2) is 12.9. The maximum absolute atomic E-state index is 11.9. The highest BCUT2D eigenvalue weighted by Gasteiger charge is 2.16. The van der Waals surface area contributed by atoms with Crippen LogP contribution >= 0.6 is 11.8 Å². The van der Waals surface area contributed by atoms with Crippen molar-refractivity contribution >= 4 is 29.8 Å².